The van der Waals surface area contributed by atoms with Gasteiger partial charge in [-0.15, -0.1) is 11.3 Å². The zero-order valence-corrected chi connectivity index (χ0v) is 12.7. The van der Waals surface area contributed by atoms with Crippen LogP contribution in [0.4, 0.5) is 5.00 Å². The molecule has 3 rings (SSSR count). The Hall–Kier alpha value is -2.54. The lowest BCUT2D eigenvalue weighted by molar-refractivity contribution is 0.0964. The Labute approximate surface area is 131 Å². The van der Waals surface area contributed by atoms with Gasteiger partial charge in [0, 0.05) is 12.6 Å². The summed E-state index contributed by atoms with van der Waals surface area (Å²) in [6.45, 7) is 0.965. The lowest BCUT2D eigenvalue weighted by atomic mass is 10.2. The SMILES string of the molecule is CNC(=O)c1ccsc1NC(=O)c1ccc2c(c1)OCCO2. The van der Waals surface area contributed by atoms with Crippen LogP contribution in [0.1, 0.15) is 20.7 Å². The number of amides is 2. The summed E-state index contributed by atoms with van der Waals surface area (Å²) in [5.74, 6) is 0.643. The molecule has 2 aromatic rings. The summed E-state index contributed by atoms with van der Waals surface area (Å²) >= 11 is 1.30. The third kappa shape index (κ3) is 2.75. The predicted molar refractivity (Wildman–Crippen MR) is 83.1 cm³/mol. The maximum absolute atomic E-state index is 12.3. The van der Waals surface area contributed by atoms with Crippen molar-refractivity contribution < 1.29 is 19.1 Å². The normalized spacial score (nSPS) is 12.6. The van der Waals surface area contributed by atoms with Gasteiger partial charge in [0.05, 0.1) is 5.56 Å². The first-order chi connectivity index (χ1) is 10.7. The maximum Gasteiger partial charge on any atom is 0.256 e. The molecule has 114 valence electrons. The van der Waals surface area contributed by atoms with Gasteiger partial charge in [-0.3, -0.25) is 9.59 Å². The molecular formula is C15H14N2O4S. The second-order valence-corrected chi connectivity index (χ2v) is 5.47. The van der Waals surface area contributed by atoms with E-state index in [2.05, 4.69) is 10.6 Å². The lowest BCUT2D eigenvalue weighted by Gasteiger charge is -2.18. The largest absolute Gasteiger partial charge is 0.486 e. The summed E-state index contributed by atoms with van der Waals surface area (Å²) < 4.78 is 10.9. The van der Waals surface area contributed by atoms with E-state index in [1.165, 1.54) is 11.3 Å². The van der Waals surface area contributed by atoms with E-state index in [-0.39, 0.29) is 11.8 Å². The highest BCUT2D eigenvalue weighted by Crippen LogP contribution is 2.31. The number of ether oxygens (including phenoxy) is 2. The molecule has 0 bridgehead atoms. The van der Waals surface area contributed by atoms with Gasteiger partial charge in [0.1, 0.15) is 18.2 Å². The fourth-order valence-electron chi connectivity index (χ4n) is 2.08. The number of nitrogens with one attached hydrogen (secondary N) is 2. The van der Waals surface area contributed by atoms with E-state index in [4.69, 9.17) is 9.47 Å². The van der Waals surface area contributed by atoms with Gasteiger partial charge in [-0.1, -0.05) is 0 Å². The molecule has 7 heteroatoms. The number of hydrogen-bond acceptors (Lipinski definition) is 5. The summed E-state index contributed by atoms with van der Waals surface area (Å²) in [5.41, 5.74) is 0.888. The molecule has 0 radical (unpaired) electrons. The van der Waals surface area contributed by atoms with Gasteiger partial charge < -0.3 is 20.1 Å². The predicted octanol–water partition coefficient (Wildman–Crippen LogP) is 2.13. The van der Waals surface area contributed by atoms with Crippen molar-refractivity contribution in [1.82, 2.24) is 5.32 Å². The minimum absolute atomic E-state index is 0.237. The third-order valence-corrected chi connectivity index (χ3v) is 4.00. The van der Waals surface area contributed by atoms with E-state index in [0.717, 1.165) is 0 Å². The average Bonchev–Trinajstić information content (AvgIpc) is 3.01. The molecule has 1 aromatic carbocycles. The fourth-order valence-corrected chi connectivity index (χ4v) is 2.86. The summed E-state index contributed by atoms with van der Waals surface area (Å²) in [7, 11) is 1.55. The van der Waals surface area contributed by atoms with E-state index in [9.17, 15) is 9.59 Å². The highest BCUT2D eigenvalue weighted by atomic mass is 32.1. The van der Waals surface area contributed by atoms with Crippen molar-refractivity contribution in [1.29, 1.82) is 0 Å². The molecular weight excluding hydrogens is 304 g/mol. The molecule has 1 aliphatic heterocycles. The van der Waals surface area contributed by atoms with Crippen LogP contribution in [0.15, 0.2) is 29.6 Å². The second-order valence-electron chi connectivity index (χ2n) is 4.56. The Bertz CT molecular complexity index is 726. The quantitative estimate of drug-likeness (QED) is 0.909. The Balaban J connectivity index is 1.80. The highest BCUT2D eigenvalue weighted by Gasteiger charge is 2.18. The van der Waals surface area contributed by atoms with Gasteiger partial charge in [-0.05, 0) is 29.6 Å². The number of anilines is 1. The Morgan fingerprint density at radius 1 is 1.09 bits per heavy atom. The van der Waals surface area contributed by atoms with Crippen LogP contribution in [0.2, 0.25) is 0 Å². The zero-order chi connectivity index (χ0) is 15.5. The molecule has 0 aliphatic carbocycles. The van der Waals surface area contributed by atoms with Crippen molar-refractivity contribution in [2.75, 3.05) is 25.6 Å². The molecule has 6 nitrogen and oxygen atoms in total. The highest BCUT2D eigenvalue weighted by molar-refractivity contribution is 7.14. The molecule has 22 heavy (non-hydrogen) atoms. The maximum atomic E-state index is 12.3. The van der Waals surface area contributed by atoms with Crippen molar-refractivity contribution in [2.24, 2.45) is 0 Å². The van der Waals surface area contributed by atoms with Crippen LogP contribution in [0.5, 0.6) is 11.5 Å². The number of carbonyl (C=O) groups excluding carboxylic acids is 2. The van der Waals surface area contributed by atoms with Gasteiger partial charge in [0.2, 0.25) is 0 Å². The third-order valence-electron chi connectivity index (χ3n) is 3.17. The van der Waals surface area contributed by atoms with Crippen molar-refractivity contribution in [3.63, 3.8) is 0 Å². The number of carbonyl (C=O) groups is 2. The topological polar surface area (TPSA) is 76.7 Å². The standard InChI is InChI=1S/C15H14N2O4S/c1-16-14(19)10-4-7-22-15(10)17-13(18)9-2-3-11-12(8-9)21-6-5-20-11/h2-4,7-8H,5-6H2,1H3,(H,16,19)(H,17,18). The Morgan fingerprint density at radius 3 is 2.64 bits per heavy atom. The molecule has 0 fully saturated rings. The van der Waals surface area contributed by atoms with E-state index in [0.29, 0.717) is 40.8 Å². The summed E-state index contributed by atoms with van der Waals surface area (Å²) in [6, 6.07) is 6.67. The summed E-state index contributed by atoms with van der Waals surface area (Å²) in [5, 5.41) is 7.56. The molecule has 0 saturated heterocycles. The second kappa shape index (κ2) is 6.07. The first kappa shape index (κ1) is 14.4. The monoisotopic (exact) mass is 318 g/mol. The fraction of sp³-hybridized carbons (Fsp3) is 0.200. The van der Waals surface area contributed by atoms with Crippen molar-refractivity contribution in [2.45, 2.75) is 0 Å². The van der Waals surface area contributed by atoms with Gasteiger partial charge in [0.25, 0.3) is 11.8 Å². The zero-order valence-electron chi connectivity index (χ0n) is 11.8. The van der Waals surface area contributed by atoms with E-state index in [1.54, 1.807) is 36.7 Å². The van der Waals surface area contributed by atoms with Crippen LogP contribution in [0, 0.1) is 0 Å². The van der Waals surface area contributed by atoms with Crippen LogP contribution in [-0.2, 0) is 0 Å². The van der Waals surface area contributed by atoms with Gasteiger partial charge >= 0.3 is 0 Å². The molecule has 1 aliphatic rings. The molecule has 0 atom stereocenters. The first-order valence-electron chi connectivity index (χ1n) is 6.69. The van der Waals surface area contributed by atoms with Crippen molar-refractivity contribution in [3.8, 4) is 11.5 Å². The van der Waals surface area contributed by atoms with Gasteiger partial charge in [0.15, 0.2) is 11.5 Å². The van der Waals surface area contributed by atoms with E-state index >= 15 is 0 Å². The number of benzene rings is 1. The molecule has 0 unspecified atom stereocenters. The lowest BCUT2D eigenvalue weighted by Crippen LogP contribution is -2.20. The molecule has 0 saturated carbocycles. The number of thiophene rings is 1. The Morgan fingerprint density at radius 2 is 1.86 bits per heavy atom. The van der Waals surface area contributed by atoms with E-state index < -0.39 is 0 Å². The molecule has 2 N–H and O–H groups in total. The minimum atomic E-state index is -0.301. The molecule has 2 amide bonds. The van der Waals surface area contributed by atoms with Gasteiger partial charge in [-0.25, -0.2) is 0 Å². The van der Waals surface area contributed by atoms with Crippen LogP contribution >= 0.6 is 11.3 Å². The van der Waals surface area contributed by atoms with Crippen LogP contribution < -0.4 is 20.1 Å². The summed E-state index contributed by atoms with van der Waals surface area (Å²) in [4.78, 5) is 24.0. The molecule has 0 spiro atoms. The Kier molecular flexibility index (Phi) is 3.97. The van der Waals surface area contributed by atoms with Crippen LogP contribution in [-0.4, -0.2) is 32.1 Å². The smallest absolute Gasteiger partial charge is 0.256 e. The first-order valence-corrected chi connectivity index (χ1v) is 7.57. The number of hydrogen-bond donors (Lipinski definition) is 2. The number of rotatable bonds is 3. The van der Waals surface area contributed by atoms with Gasteiger partial charge in [-0.2, -0.15) is 0 Å². The van der Waals surface area contributed by atoms with Crippen LogP contribution in [0.3, 0.4) is 0 Å². The van der Waals surface area contributed by atoms with E-state index in [1.807, 2.05) is 0 Å². The average molecular weight is 318 g/mol. The minimum Gasteiger partial charge on any atom is -0.486 e. The number of fused-ring (bicyclic) bond motifs is 1. The summed E-state index contributed by atoms with van der Waals surface area (Å²) in [6.07, 6.45) is 0. The van der Waals surface area contributed by atoms with Crippen molar-refractivity contribution in [3.05, 3.63) is 40.8 Å². The molecule has 1 aromatic heterocycles. The van der Waals surface area contributed by atoms with Crippen LogP contribution in [0.25, 0.3) is 0 Å². The molecule has 2 heterocycles. The van der Waals surface area contributed by atoms with Crippen molar-refractivity contribution >= 4 is 28.2 Å².